The minimum atomic E-state index is -0.135. The van der Waals surface area contributed by atoms with Gasteiger partial charge in [0.15, 0.2) is 11.5 Å². The molecule has 0 aliphatic heterocycles. The fourth-order valence-electron chi connectivity index (χ4n) is 2.05. The first kappa shape index (κ1) is 17.2. The lowest BCUT2D eigenvalue weighted by atomic mass is 10.2. The van der Waals surface area contributed by atoms with Crippen molar-refractivity contribution < 1.29 is 19.0 Å². The van der Waals surface area contributed by atoms with Crippen LogP contribution in [-0.2, 0) is 4.74 Å². The second-order valence-corrected chi connectivity index (χ2v) is 5.75. The smallest absolute Gasteiger partial charge is 0.263 e. The first-order valence-electron chi connectivity index (χ1n) is 7.07. The highest BCUT2D eigenvalue weighted by Crippen LogP contribution is 2.34. The number of carbonyl (C=O) groups is 1. The van der Waals surface area contributed by atoms with Gasteiger partial charge in [-0.2, -0.15) is 0 Å². The fraction of sp³-hybridized carbons (Fsp3) is 0.375. The summed E-state index contributed by atoms with van der Waals surface area (Å²) in [6.07, 6.45) is 0. The van der Waals surface area contributed by atoms with Crippen LogP contribution in [0.2, 0.25) is 0 Å². The van der Waals surface area contributed by atoms with E-state index in [-0.39, 0.29) is 5.91 Å². The Labute approximate surface area is 139 Å². The minimum Gasteiger partial charge on any atom is -0.493 e. The van der Waals surface area contributed by atoms with E-state index < -0.39 is 0 Å². The number of benzene rings is 1. The highest BCUT2D eigenvalue weighted by Gasteiger charge is 2.17. The molecule has 124 valence electrons. The summed E-state index contributed by atoms with van der Waals surface area (Å²) >= 11 is 1.35. The van der Waals surface area contributed by atoms with Gasteiger partial charge in [0.1, 0.15) is 9.88 Å². The van der Waals surface area contributed by atoms with Crippen molar-refractivity contribution in [2.45, 2.75) is 6.92 Å². The molecule has 6 nitrogen and oxygen atoms in total. The lowest BCUT2D eigenvalue weighted by molar-refractivity contribution is 0.0940. The van der Waals surface area contributed by atoms with Gasteiger partial charge in [0.2, 0.25) is 0 Å². The van der Waals surface area contributed by atoms with Gasteiger partial charge in [-0.05, 0) is 25.1 Å². The van der Waals surface area contributed by atoms with E-state index in [1.54, 1.807) is 21.3 Å². The highest BCUT2D eigenvalue weighted by molar-refractivity contribution is 7.17. The van der Waals surface area contributed by atoms with E-state index >= 15 is 0 Å². The predicted molar refractivity (Wildman–Crippen MR) is 89.6 cm³/mol. The number of rotatable bonds is 7. The number of nitrogens with one attached hydrogen (secondary N) is 1. The Hall–Kier alpha value is -2.12. The highest BCUT2D eigenvalue weighted by atomic mass is 32.1. The average molecular weight is 336 g/mol. The van der Waals surface area contributed by atoms with Crippen molar-refractivity contribution in [2.75, 3.05) is 34.5 Å². The molecule has 1 aromatic heterocycles. The third-order valence-corrected chi connectivity index (χ3v) is 4.43. The van der Waals surface area contributed by atoms with Gasteiger partial charge in [0.25, 0.3) is 5.91 Å². The second kappa shape index (κ2) is 7.94. The van der Waals surface area contributed by atoms with Crippen LogP contribution in [0.5, 0.6) is 11.5 Å². The molecule has 0 aliphatic carbocycles. The van der Waals surface area contributed by atoms with E-state index in [4.69, 9.17) is 14.2 Å². The maximum absolute atomic E-state index is 12.2. The van der Waals surface area contributed by atoms with Crippen LogP contribution in [0.15, 0.2) is 18.2 Å². The van der Waals surface area contributed by atoms with E-state index in [2.05, 4.69) is 10.3 Å². The lowest BCUT2D eigenvalue weighted by Gasteiger charge is -2.08. The van der Waals surface area contributed by atoms with E-state index in [0.717, 1.165) is 10.6 Å². The number of amides is 1. The summed E-state index contributed by atoms with van der Waals surface area (Å²) in [5, 5.41) is 3.57. The Kier molecular flexibility index (Phi) is 5.95. The molecule has 0 aliphatic rings. The molecular formula is C16H20N2O4S. The second-order valence-electron chi connectivity index (χ2n) is 4.75. The average Bonchev–Trinajstić information content (AvgIpc) is 2.96. The van der Waals surface area contributed by atoms with Crippen LogP contribution in [0, 0.1) is 6.92 Å². The largest absolute Gasteiger partial charge is 0.493 e. The third kappa shape index (κ3) is 4.00. The SMILES string of the molecule is COCCNC(=O)c1sc(-c2ccc(OC)c(OC)c2)nc1C. The molecule has 1 heterocycles. The fourth-order valence-corrected chi connectivity index (χ4v) is 3.03. The first-order chi connectivity index (χ1) is 11.1. The van der Waals surface area contributed by atoms with Gasteiger partial charge in [-0.15, -0.1) is 11.3 Å². The summed E-state index contributed by atoms with van der Waals surface area (Å²) in [6.45, 7) is 2.77. The molecule has 0 saturated heterocycles. The zero-order chi connectivity index (χ0) is 16.8. The molecule has 0 fully saturated rings. The molecule has 1 amide bonds. The maximum Gasteiger partial charge on any atom is 0.263 e. The third-order valence-electron chi connectivity index (χ3n) is 3.23. The maximum atomic E-state index is 12.2. The van der Waals surface area contributed by atoms with Crippen molar-refractivity contribution in [1.29, 1.82) is 0 Å². The number of carbonyl (C=O) groups excluding carboxylic acids is 1. The summed E-state index contributed by atoms with van der Waals surface area (Å²) in [4.78, 5) is 17.3. The Morgan fingerprint density at radius 1 is 1.22 bits per heavy atom. The number of hydrogen-bond acceptors (Lipinski definition) is 6. The van der Waals surface area contributed by atoms with Crippen molar-refractivity contribution in [3.63, 3.8) is 0 Å². The van der Waals surface area contributed by atoms with Crippen molar-refractivity contribution in [3.8, 4) is 22.1 Å². The lowest BCUT2D eigenvalue weighted by Crippen LogP contribution is -2.26. The van der Waals surface area contributed by atoms with Crippen LogP contribution < -0.4 is 14.8 Å². The molecule has 2 rings (SSSR count). The van der Waals surface area contributed by atoms with Crippen LogP contribution in [-0.4, -0.2) is 45.4 Å². The van der Waals surface area contributed by atoms with Crippen LogP contribution in [0.1, 0.15) is 15.4 Å². The zero-order valence-electron chi connectivity index (χ0n) is 13.6. The summed E-state index contributed by atoms with van der Waals surface area (Å²) in [5.74, 6) is 1.15. The van der Waals surface area contributed by atoms with Gasteiger partial charge in [-0.3, -0.25) is 4.79 Å². The summed E-state index contributed by atoms with van der Waals surface area (Å²) in [5.41, 5.74) is 1.58. The van der Waals surface area contributed by atoms with E-state index in [1.807, 2.05) is 25.1 Å². The Bertz CT molecular complexity index is 685. The number of methoxy groups -OCH3 is 3. The van der Waals surface area contributed by atoms with Gasteiger partial charge in [-0.1, -0.05) is 0 Å². The molecular weight excluding hydrogens is 316 g/mol. The standard InChI is InChI=1S/C16H20N2O4S/c1-10-14(15(19)17-7-8-20-2)23-16(18-10)11-5-6-12(21-3)13(9-11)22-4/h5-6,9H,7-8H2,1-4H3,(H,17,19). The van der Waals surface area contributed by atoms with Crippen molar-refractivity contribution in [3.05, 3.63) is 28.8 Å². The molecule has 2 aromatic rings. The number of thiazole rings is 1. The molecule has 23 heavy (non-hydrogen) atoms. The van der Waals surface area contributed by atoms with E-state index in [1.165, 1.54) is 11.3 Å². The molecule has 7 heteroatoms. The molecule has 1 N–H and O–H groups in total. The number of aryl methyl sites for hydroxylation is 1. The normalized spacial score (nSPS) is 10.4. The van der Waals surface area contributed by atoms with Crippen molar-refractivity contribution in [1.82, 2.24) is 10.3 Å². The predicted octanol–water partition coefficient (Wildman–Crippen LogP) is 2.51. The number of nitrogens with zero attached hydrogens (tertiary/aromatic N) is 1. The number of hydrogen-bond donors (Lipinski definition) is 1. The Morgan fingerprint density at radius 2 is 1.96 bits per heavy atom. The topological polar surface area (TPSA) is 69.7 Å². The van der Waals surface area contributed by atoms with Gasteiger partial charge >= 0.3 is 0 Å². The quantitative estimate of drug-likeness (QED) is 0.787. The van der Waals surface area contributed by atoms with Crippen LogP contribution in [0.3, 0.4) is 0 Å². The van der Waals surface area contributed by atoms with E-state index in [0.29, 0.717) is 35.2 Å². The van der Waals surface area contributed by atoms with Crippen molar-refractivity contribution >= 4 is 17.2 Å². The Balaban J connectivity index is 2.25. The van der Waals surface area contributed by atoms with Gasteiger partial charge in [0.05, 0.1) is 26.5 Å². The van der Waals surface area contributed by atoms with Gasteiger partial charge in [0, 0.05) is 19.2 Å². The van der Waals surface area contributed by atoms with E-state index in [9.17, 15) is 4.79 Å². The number of ether oxygens (including phenoxy) is 3. The molecule has 0 saturated carbocycles. The summed E-state index contributed by atoms with van der Waals surface area (Å²) in [6, 6.07) is 5.57. The summed E-state index contributed by atoms with van der Waals surface area (Å²) in [7, 11) is 4.77. The molecule has 0 atom stereocenters. The molecule has 1 aromatic carbocycles. The number of aromatic nitrogens is 1. The van der Waals surface area contributed by atoms with Gasteiger partial charge < -0.3 is 19.5 Å². The Morgan fingerprint density at radius 3 is 2.61 bits per heavy atom. The molecule has 0 unspecified atom stereocenters. The first-order valence-corrected chi connectivity index (χ1v) is 7.89. The minimum absolute atomic E-state index is 0.135. The molecule has 0 spiro atoms. The molecule has 0 radical (unpaired) electrons. The zero-order valence-corrected chi connectivity index (χ0v) is 14.5. The van der Waals surface area contributed by atoms with Crippen molar-refractivity contribution in [2.24, 2.45) is 0 Å². The van der Waals surface area contributed by atoms with Crippen LogP contribution in [0.4, 0.5) is 0 Å². The monoisotopic (exact) mass is 336 g/mol. The van der Waals surface area contributed by atoms with Gasteiger partial charge in [-0.25, -0.2) is 4.98 Å². The summed E-state index contributed by atoms with van der Waals surface area (Å²) < 4.78 is 15.5. The molecule has 0 bridgehead atoms. The van der Waals surface area contributed by atoms with Crippen LogP contribution >= 0.6 is 11.3 Å². The van der Waals surface area contributed by atoms with Crippen LogP contribution in [0.25, 0.3) is 10.6 Å².